The number of nitro groups is 1. The number of thioether (sulfide) groups is 1. The Morgan fingerprint density at radius 1 is 1.56 bits per heavy atom. The first-order valence-electron chi connectivity index (χ1n) is 5.19. The molecule has 1 rings (SSSR count). The lowest BCUT2D eigenvalue weighted by atomic mass is 10.2. The quantitative estimate of drug-likeness (QED) is 0.465. The minimum atomic E-state index is -1.20. The maximum atomic E-state index is 10.8. The maximum absolute atomic E-state index is 10.8. The van der Waals surface area contributed by atoms with Crippen molar-refractivity contribution in [2.75, 3.05) is 18.6 Å². The average molecular weight is 271 g/mol. The second-order valence-electron chi connectivity index (χ2n) is 3.44. The van der Waals surface area contributed by atoms with Crippen LogP contribution in [0, 0.1) is 10.1 Å². The molecule has 6 nitrogen and oxygen atoms in total. The molecule has 18 heavy (non-hydrogen) atoms. The molecule has 0 aliphatic heterocycles. The van der Waals surface area contributed by atoms with Gasteiger partial charge in [-0.15, -0.1) is 0 Å². The van der Waals surface area contributed by atoms with Crippen molar-refractivity contribution < 1.29 is 19.6 Å². The zero-order valence-electron chi connectivity index (χ0n) is 9.79. The van der Waals surface area contributed by atoms with Gasteiger partial charge in [-0.25, -0.2) is 4.79 Å². The van der Waals surface area contributed by atoms with Gasteiger partial charge in [0, 0.05) is 6.07 Å². The van der Waals surface area contributed by atoms with Crippen LogP contribution < -0.4 is 4.74 Å². The number of rotatable bonds is 7. The van der Waals surface area contributed by atoms with E-state index in [9.17, 15) is 14.9 Å². The Morgan fingerprint density at radius 2 is 2.28 bits per heavy atom. The van der Waals surface area contributed by atoms with Crippen molar-refractivity contribution in [2.45, 2.75) is 6.42 Å². The highest BCUT2D eigenvalue weighted by Gasteiger charge is 2.18. The van der Waals surface area contributed by atoms with E-state index in [1.54, 1.807) is 11.8 Å². The molecule has 0 unspecified atom stereocenters. The van der Waals surface area contributed by atoms with Crippen LogP contribution in [0.25, 0.3) is 0 Å². The predicted molar refractivity (Wildman–Crippen MR) is 68.5 cm³/mol. The lowest BCUT2D eigenvalue weighted by Gasteiger charge is -2.06. The van der Waals surface area contributed by atoms with E-state index in [-0.39, 0.29) is 17.0 Å². The molecule has 0 bridgehead atoms. The first-order valence-corrected chi connectivity index (χ1v) is 6.59. The molecule has 0 fully saturated rings. The molecule has 0 aliphatic rings. The van der Waals surface area contributed by atoms with Crippen molar-refractivity contribution in [1.82, 2.24) is 0 Å². The van der Waals surface area contributed by atoms with Crippen molar-refractivity contribution >= 4 is 23.4 Å². The topological polar surface area (TPSA) is 89.7 Å². The normalized spacial score (nSPS) is 10.1. The molecule has 0 spiro atoms. The minimum absolute atomic E-state index is 0.103. The van der Waals surface area contributed by atoms with Crippen LogP contribution in [0.5, 0.6) is 5.75 Å². The van der Waals surface area contributed by atoms with Crippen molar-refractivity contribution in [3.63, 3.8) is 0 Å². The summed E-state index contributed by atoms with van der Waals surface area (Å²) in [7, 11) is 0. The van der Waals surface area contributed by atoms with Crippen LogP contribution in [-0.2, 0) is 0 Å². The van der Waals surface area contributed by atoms with Crippen molar-refractivity contribution in [3.05, 3.63) is 33.9 Å². The third-order valence-electron chi connectivity index (χ3n) is 2.15. The van der Waals surface area contributed by atoms with Gasteiger partial charge in [0.1, 0.15) is 0 Å². The van der Waals surface area contributed by atoms with E-state index in [1.807, 2.05) is 6.26 Å². The third kappa shape index (κ3) is 3.92. The monoisotopic (exact) mass is 271 g/mol. The van der Waals surface area contributed by atoms with Gasteiger partial charge in [-0.1, -0.05) is 0 Å². The molecule has 1 N–H and O–H groups in total. The molecular weight excluding hydrogens is 258 g/mol. The molecular formula is C11H13NO5S. The smallest absolute Gasteiger partial charge is 0.335 e. The van der Waals surface area contributed by atoms with E-state index < -0.39 is 10.9 Å². The first kappa shape index (κ1) is 14.3. The van der Waals surface area contributed by atoms with Gasteiger partial charge in [-0.3, -0.25) is 10.1 Å². The Kier molecular flexibility index (Phi) is 5.44. The molecule has 0 saturated heterocycles. The standard InChI is InChI=1S/C11H13NO5S/c1-18-6-2-5-17-10-4-3-8(11(13)14)7-9(10)12(15)16/h3-4,7H,2,5-6H2,1H3,(H,13,14). The molecule has 98 valence electrons. The maximum Gasteiger partial charge on any atom is 0.335 e. The van der Waals surface area contributed by atoms with E-state index in [4.69, 9.17) is 9.84 Å². The zero-order chi connectivity index (χ0) is 13.5. The largest absolute Gasteiger partial charge is 0.487 e. The number of carboxylic acids is 1. The number of aromatic carboxylic acids is 1. The Hall–Kier alpha value is -1.76. The molecule has 0 aromatic heterocycles. The van der Waals surface area contributed by atoms with Crippen LogP contribution in [0.1, 0.15) is 16.8 Å². The van der Waals surface area contributed by atoms with Crippen LogP contribution in [0.3, 0.4) is 0 Å². The number of carboxylic acid groups (broad SMARTS) is 1. The Labute approximate surface area is 108 Å². The summed E-state index contributed by atoms with van der Waals surface area (Å²) >= 11 is 1.66. The number of nitro benzene ring substituents is 1. The van der Waals surface area contributed by atoms with E-state index in [0.29, 0.717) is 6.61 Å². The number of hydrogen-bond donors (Lipinski definition) is 1. The van der Waals surface area contributed by atoms with Gasteiger partial charge in [-0.05, 0) is 30.6 Å². The van der Waals surface area contributed by atoms with Gasteiger partial charge in [0.05, 0.1) is 17.1 Å². The van der Waals surface area contributed by atoms with Crippen LogP contribution in [-0.4, -0.2) is 34.6 Å². The van der Waals surface area contributed by atoms with E-state index in [2.05, 4.69) is 0 Å². The van der Waals surface area contributed by atoms with E-state index in [0.717, 1.165) is 18.2 Å². The first-order chi connectivity index (χ1) is 8.56. The number of nitrogens with zero attached hydrogens (tertiary/aromatic N) is 1. The van der Waals surface area contributed by atoms with Gasteiger partial charge in [0.25, 0.3) is 0 Å². The van der Waals surface area contributed by atoms with E-state index >= 15 is 0 Å². The second-order valence-corrected chi connectivity index (χ2v) is 4.43. The number of ether oxygens (including phenoxy) is 1. The molecule has 1 aromatic rings. The molecule has 0 aliphatic carbocycles. The lowest BCUT2D eigenvalue weighted by molar-refractivity contribution is -0.385. The lowest BCUT2D eigenvalue weighted by Crippen LogP contribution is -2.04. The van der Waals surface area contributed by atoms with Gasteiger partial charge in [-0.2, -0.15) is 11.8 Å². The molecule has 0 saturated carbocycles. The number of benzene rings is 1. The second kappa shape index (κ2) is 6.85. The van der Waals surface area contributed by atoms with Gasteiger partial charge < -0.3 is 9.84 Å². The molecule has 0 radical (unpaired) electrons. The highest BCUT2D eigenvalue weighted by atomic mass is 32.2. The summed E-state index contributed by atoms with van der Waals surface area (Å²) in [5.41, 5.74) is -0.447. The van der Waals surface area contributed by atoms with Crippen molar-refractivity contribution in [3.8, 4) is 5.75 Å². The number of hydrogen-bond acceptors (Lipinski definition) is 5. The molecule has 0 heterocycles. The summed E-state index contributed by atoms with van der Waals surface area (Å²) in [6, 6.07) is 3.62. The summed E-state index contributed by atoms with van der Waals surface area (Å²) in [6.45, 7) is 0.369. The highest BCUT2D eigenvalue weighted by Crippen LogP contribution is 2.28. The third-order valence-corrected chi connectivity index (χ3v) is 2.85. The predicted octanol–water partition coefficient (Wildman–Crippen LogP) is 2.42. The van der Waals surface area contributed by atoms with Crippen LogP contribution >= 0.6 is 11.8 Å². The summed E-state index contributed by atoms with van der Waals surface area (Å²) in [6.07, 6.45) is 2.74. The summed E-state index contributed by atoms with van der Waals surface area (Å²) in [4.78, 5) is 20.9. The van der Waals surface area contributed by atoms with Gasteiger partial charge in [0.2, 0.25) is 0 Å². The number of carbonyl (C=O) groups is 1. The molecule has 0 amide bonds. The minimum Gasteiger partial charge on any atom is -0.487 e. The van der Waals surface area contributed by atoms with Crippen molar-refractivity contribution in [2.24, 2.45) is 0 Å². The summed E-state index contributed by atoms with van der Waals surface area (Å²) in [5, 5.41) is 19.6. The Bertz CT molecular complexity index is 449. The fourth-order valence-electron chi connectivity index (χ4n) is 1.30. The fraction of sp³-hybridized carbons (Fsp3) is 0.364. The summed E-state index contributed by atoms with van der Waals surface area (Å²) in [5.74, 6) is -0.195. The van der Waals surface area contributed by atoms with Crippen LogP contribution in [0.4, 0.5) is 5.69 Å². The Balaban J connectivity index is 2.83. The SMILES string of the molecule is CSCCCOc1ccc(C(=O)O)cc1[N+](=O)[O-]. The van der Waals surface area contributed by atoms with Gasteiger partial charge >= 0.3 is 11.7 Å². The summed E-state index contributed by atoms with van der Waals surface area (Å²) < 4.78 is 5.29. The highest BCUT2D eigenvalue weighted by molar-refractivity contribution is 7.98. The fourth-order valence-corrected chi connectivity index (χ4v) is 1.71. The van der Waals surface area contributed by atoms with Crippen LogP contribution in [0.15, 0.2) is 18.2 Å². The van der Waals surface area contributed by atoms with Crippen LogP contribution in [0.2, 0.25) is 0 Å². The Morgan fingerprint density at radius 3 is 2.83 bits per heavy atom. The van der Waals surface area contributed by atoms with E-state index in [1.165, 1.54) is 12.1 Å². The van der Waals surface area contributed by atoms with Crippen molar-refractivity contribution in [1.29, 1.82) is 0 Å². The van der Waals surface area contributed by atoms with Gasteiger partial charge in [0.15, 0.2) is 5.75 Å². The molecule has 0 atom stereocenters. The molecule has 7 heteroatoms. The molecule has 1 aromatic carbocycles. The average Bonchev–Trinajstić information content (AvgIpc) is 2.34. The zero-order valence-corrected chi connectivity index (χ0v) is 10.6.